The highest BCUT2D eigenvalue weighted by molar-refractivity contribution is 5.80. The Morgan fingerprint density at radius 3 is 2.76 bits per heavy atom. The molecule has 3 heteroatoms. The van der Waals surface area contributed by atoms with E-state index in [1.54, 1.807) is 13.2 Å². The number of fused-ring (bicyclic) bond motifs is 1. The lowest BCUT2D eigenvalue weighted by Gasteiger charge is -2.23. The summed E-state index contributed by atoms with van der Waals surface area (Å²) in [7, 11) is 1.72. The van der Waals surface area contributed by atoms with Gasteiger partial charge >= 0.3 is 0 Å². The molecule has 1 aromatic carbocycles. The van der Waals surface area contributed by atoms with Crippen LogP contribution < -0.4 is 0 Å². The van der Waals surface area contributed by atoms with Crippen LogP contribution in [0.15, 0.2) is 30.5 Å². The standard InChI is InChI=1S/C14H18FNO/c1-14(2,17-3)7-9-16-8-6-11-4-5-12(15)10-13(11)16/h4-6,8,10H,7,9H2,1-3H3. The Morgan fingerprint density at radius 1 is 1.29 bits per heavy atom. The van der Waals surface area contributed by atoms with Gasteiger partial charge in [-0.1, -0.05) is 0 Å². The van der Waals surface area contributed by atoms with Crippen LogP contribution >= 0.6 is 0 Å². The van der Waals surface area contributed by atoms with Crippen molar-refractivity contribution in [3.63, 3.8) is 0 Å². The molecular weight excluding hydrogens is 217 g/mol. The van der Waals surface area contributed by atoms with Crippen LogP contribution in [0, 0.1) is 5.82 Å². The topological polar surface area (TPSA) is 14.2 Å². The van der Waals surface area contributed by atoms with Crippen molar-refractivity contribution < 1.29 is 9.13 Å². The maximum Gasteiger partial charge on any atom is 0.125 e. The summed E-state index contributed by atoms with van der Waals surface area (Å²) in [5.74, 6) is -0.191. The molecule has 1 aromatic heterocycles. The number of hydrogen-bond donors (Lipinski definition) is 0. The minimum absolute atomic E-state index is 0.149. The molecule has 0 aliphatic heterocycles. The molecule has 2 rings (SSSR count). The van der Waals surface area contributed by atoms with Gasteiger partial charge in [-0.2, -0.15) is 0 Å². The van der Waals surface area contributed by atoms with Crippen LogP contribution in [0.1, 0.15) is 20.3 Å². The second-order valence-electron chi connectivity index (χ2n) is 4.93. The number of halogens is 1. The van der Waals surface area contributed by atoms with Crippen molar-refractivity contribution in [3.05, 3.63) is 36.3 Å². The average molecular weight is 235 g/mol. The molecule has 0 bridgehead atoms. The highest BCUT2D eigenvalue weighted by atomic mass is 19.1. The lowest BCUT2D eigenvalue weighted by Crippen LogP contribution is -2.24. The third kappa shape index (κ3) is 2.67. The molecule has 2 nitrogen and oxygen atoms in total. The van der Waals surface area contributed by atoms with Crippen LogP contribution in [0.2, 0.25) is 0 Å². The molecule has 0 fully saturated rings. The Kier molecular flexibility index (Phi) is 3.20. The van der Waals surface area contributed by atoms with Gasteiger partial charge in [-0.25, -0.2) is 4.39 Å². The van der Waals surface area contributed by atoms with E-state index in [0.29, 0.717) is 0 Å². The van der Waals surface area contributed by atoms with Crippen molar-refractivity contribution in [2.24, 2.45) is 0 Å². The maximum absolute atomic E-state index is 13.2. The van der Waals surface area contributed by atoms with Gasteiger partial charge in [0.05, 0.1) is 11.1 Å². The minimum atomic E-state index is -0.191. The number of ether oxygens (including phenoxy) is 1. The number of benzene rings is 1. The summed E-state index contributed by atoms with van der Waals surface area (Å²) in [6.45, 7) is 4.94. The van der Waals surface area contributed by atoms with Gasteiger partial charge in [0.15, 0.2) is 0 Å². The number of aromatic nitrogens is 1. The first-order valence-corrected chi connectivity index (χ1v) is 5.81. The molecule has 0 atom stereocenters. The zero-order valence-corrected chi connectivity index (χ0v) is 10.5. The third-order valence-corrected chi connectivity index (χ3v) is 3.24. The monoisotopic (exact) mass is 235 g/mol. The fourth-order valence-electron chi connectivity index (χ4n) is 1.84. The second kappa shape index (κ2) is 4.49. The molecule has 0 saturated carbocycles. The van der Waals surface area contributed by atoms with Crippen LogP contribution in [-0.2, 0) is 11.3 Å². The van der Waals surface area contributed by atoms with Gasteiger partial charge in [0.2, 0.25) is 0 Å². The van der Waals surface area contributed by atoms with Crippen molar-refractivity contribution >= 4 is 10.9 Å². The van der Waals surface area contributed by atoms with Gasteiger partial charge in [0.25, 0.3) is 0 Å². The molecule has 0 amide bonds. The number of methoxy groups -OCH3 is 1. The molecule has 2 aromatic rings. The van der Waals surface area contributed by atoms with Crippen LogP contribution in [0.4, 0.5) is 4.39 Å². The number of nitrogens with zero attached hydrogens (tertiary/aromatic N) is 1. The van der Waals surface area contributed by atoms with Gasteiger partial charge in [0, 0.05) is 19.9 Å². The van der Waals surface area contributed by atoms with Crippen molar-refractivity contribution in [2.45, 2.75) is 32.4 Å². The summed E-state index contributed by atoms with van der Waals surface area (Å²) in [4.78, 5) is 0. The van der Waals surface area contributed by atoms with Crippen molar-refractivity contribution in [3.8, 4) is 0 Å². The predicted octanol–water partition coefficient (Wildman–Crippen LogP) is 3.60. The summed E-state index contributed by atoms with van der Waals surface area (Å²) >= 11 is 0. The molecule has 0 aliphatic carbocycles. The normalized spacial score (nSPS) is 12.2. The maximum atomic E-state index is 13.2. The van der Waals surface area contributed by atoms with E-state index in [0.717, 1.165) is 23.9 Å². The summed E-state index contributed by atoms with van der Waals surface area (Å²) in [6, 6.07) is 6.89. The fraction of sp³-hybridized carbons (Fsp3) is 0.429. The predicted molar refractivity (Wildman–Crippen MR) is 67.6 cm³/mol. The molecule has 17 heavy (non-hydrogen) atoms. The smallest absolute Gasteiger partial charge is 0.125 e. The number of hydrogen-bond acceptors (Lipinski definition) is 1. The third-order valence-electron chi connectivity index (χ3n) is 3.24. The zero-order valence-electron chi connectivity index (χ0n) is 10.5. The lowest BCUT2D eigenvalue weighted by atomic mass is 10.1. The van der Waals surface area contributed by atoms with Gasteiger partial charge in [-0.05, 0) is 49.9 Å². The highest BCUT2D eigenvalue weighted by Crippen LogP contribution is 2.20. The van der Waals surface area contributed by atoms with Crippen molar-refractivity contribution in [2.75, 3.05) is 7.11 Å². The van der Waals surface area contributed by atoms with Crippen LogP contribution in [0.25, 0.3) is 10.9 Å². The Morgan fingerprint density at radius 2 is 2.06 bits per heavy atom. The molecule has 0 spiro atoms. The van der Waals surface area contributed by atoms with Crippen molar-refractivity contribution in [1.82, 2.24) is 4.57 Å². The summed E-state index contributed by atoms with van der Waals surface area (Å²) < 4.78 is 20.6. The largest absolute Gasteiger partial charge is 0.379 e. The second-order valence-corrected chi connectivity index (χ2v) is 4.93. The van der Waals surface area contributed by atoms with Gasteiger partial charge in [0.1, 0.15) is 5.82 Å². The Balaban J connectivity index is 2.22. The lowest BCUT2D eigenvalue weighted by molar-refractivity contribution is 0.0123. The molecule has 0 aliphatic rings. The van der Waals surface area contributed by atoms with E-state index in [1.807, 2.05) is 18.3 Å². The van der Waals surface area contributed by atoms with E-state index < -0.39 is 0 Å². The Labute approximate surface area is 101 Å². The SMILES string of the molecule is COC(C)(C)CCn1ccc2ccc(F)cc21. The highest BCUT2D eigenvalue weighted by Gasteiger charge is 2.16. The fourth-order valence-corrected chi connectivity index (χ4v) is 1.84. The molecule has 0 unspecified atom stereocenters. The molecule has 0 radical (unpaired) electrons. The van der Waals surface area contributed by atoms with E-state index >= 15 is 0 Å². The first-order valence-electron chi connectivity index (χ1n) is 5.81. The Hall–Kier alpha value is -1.35. The van der Waals surface area contributed by atoms with Crippen LogP contribution in [0.5, 0.6) is 0 Å². The van der Waals surface area contributed by atoms with E-state index in [4.69, 9.17) is 4.74 Å². The van der Waals surface area contributed by atoms with Gasteiger partial charge < -0.3 is 9.30 Å². The van der Waals surface area contributed by atoms with E-state index in [1.165, 1.54) is 6.07 Å². The van der Waals surface area contributed by atoms with Crippen LogP contribution in [0.3, 0.4) is 0 Å². The summed E-state index contributed by atoms with van der Waals surface area (Å²) in [5, 5.41) is 1.07. The molecule has 1 heterocycles. The first kappa shape index (κ1) is 12.1. The van der Waals surface area contributed by atoms with E-state index in [-0.39, 0.29) is 11.4 Å². The molecule has 92 valence electrons. The summed E-state index contributed by atoms with van der Waals surface area (Å²) in [6.07, 6.45) is 2.89. The van der Waals surface area contributed by atoms with Gasteiger partial charge in [-0.15, -0.1) is 0 Å². The number of rotatable bonds is 4. The average Bonchev–Trinajstić information content (AvgIpc) is 2.69. The first-order chi connectivity index (χ1) is 8.02. The zero-order chi connectivity index (χ0) is 12.5. The number of aryl methyl sites for hydroxylation is 1. The molecule has 0 saturated heterocycles. The molecular formula is C14H18FNO. The quantitative estimate of drug-likeness (QED) is 0.789. The Bertz CT molecular complexity index is 516. The van der Waals surface area contributed by atoms with Gasteiger partial charge in [-0.3, -0.25) is 0 Å². The van der Waals surface area contributed by atoms with Crippen LogP contribution in [-0.4, -0.2) is 17.3 Å². The molecule has 0 N–H and O–H groups in total. The van der Waals surface area contributed by atoms with Crippen molar-refractivity contribution in [1.29, 1.82) is 0 Å². The minimum Gasteiger partial charge on any atom is -0.379 e. The van der Waals surface area contributed by atoms with E-state index in [2.05, 4.69) is 18.4 Å². The van der Waals surface area contributed by atoms with E-state index in [9.17, 15) is 4.39 Å². The summed E-state index contributed by atoms with van der Waals surface area (Å²) in [5.41, 5.74) is 0.793.